The minimum atomic E-state index is -4.49. The molecule has 10 heteroatoms. The van der Waals surface area contributed by atoms with E-state index in [0.29, 0.717) is 11.1 Å². The van der Waals surface area contributed by atoms with Crippen LogP contribution in [0.1, 0.15) is 17.5 Å². The zero-order chi connectivity index (χ0) is 20.2. The molecule has 142 valence electrons. The predicted molar refractivity (Wildman–Crippen MR) is 85.6 cm³/mol. The summed E-state index contributed by atoms with van der Waals surface area (Å²) < 4.78 is 42.6. The van der Waals surface area contributed by atoms with E-state index in [1.54, 1.807) is 0 Å². The number of nitrogens with zero attached hydrogens (tertiary/aromatic N) is 1. The number of aliphatic carboxylic acids is 1. The number of alkyl halides is 3. The van der Waals surface area contributed by atoms with Gasteiger partial charge in [0.2, 0.25) is 0 Å². The van der Waals surface area contributed by atoms with Crippen LogP contribution in [0, 0.1) is 10.1 Å². The molecule has 0 radical (unpaired) electrons. The third-order valence-corrected chi connectivity index (χ3v) is 3.51. The Morgan fingerprint density at radius 3 is 2.19 bits per heavy atom. The minimum Gasteiger partial charge on any atom is -0.481 e. The number of hydrogen-bond acceptors (Lipinski definition) is 5. The number of nitro groups is 1. The number of hydrogen-bond donors (Lipinski definition) is 1. The monoisotopic (exact) mass is 383 g/mol. The van der Waals surface area contributed by atoms with Crippen LogP contribution in [0.3, 0.4) is 0 Å². The van der Waals surface area contributed by atoms with E-state index >= 15 is 0 Å². The Morgan fingerprint density at radius 1 is 1.07 bits per heavy atom. The number of carboxylic acid groups (broad SMARTS) is 1. The summed E-state index contributed by atoms with van der Waals surface area (Å²) in [6.07, 6.45) is -5.39. The van der Waals surface area contributed by atoms with Crippen molar-refractivity contribution in [2.45, 2.75) is 19.2 Å². The molecule has 27 heavy (non-hydrogen) atoms. The van der Waals surface area contributed by atoms with Crippen molar-refractivity contribution < 1.29 is 37.5 Å². The van der Waals surface area contributed by atoms with Crippen LogP contribution in [-0.2, 0) is 27.1 Å². The van der Waals surface area contributed by atoms with Gasteiger partial charge in [-0.2, -0.15) is 13.2 Å². The fourth-order valence-corrected chi connectivity index (χ4v) is 2.24. The van der Waals surface area contributed by atoms with E-state index in [1.807, 2.05) is 0 Å². The molecule has 2 aromatic carbocycles. The summed E-state index contributed by atoms with van der Waals surface area (Å²) in [6, 6.07) is 7.96. The molecule has 0 atom stereocenters. The van der Waals surface area contributed by atoms with Crippen LogP contribution in [0.4, 0.5) is 18.9 Å². The lowest BCUT2D eigenvalue weighted by molar-refractivity contribution is -0.385. The van der Waals surface area contributed by atoms with Crippen LogP contribution in [0.15, 0.2) is 42.5 Å². The van der Waals surface area contributed by atoms with Gasteiger partial charge >= 0.3 is 18.1 Å². The summed E-state index contributed by atoms with van der Waals surface area (Å²) >= 11 is 0. The highest BCUT2D eigenvalue weighted by Crippen LogP contribution is 2.32. The smallest absolute Gasteiger partial charge is 0.416 e. The lowest BCUT2D eigenvalue weighted by Gasteiger charge is -2.10. The minimum absolute atomic E-state index is 0.0175. The van der Waals surface area contributed by atoms with Crippen molar-refractivity contribution in [1.82, 2.24) is 0 Å². The van der Waals surface area contributed by atoms with Gasteiger partial charge in [-0.25, -0.2) is 0 Å². The van der Waals surface area contributed by atoms with Gasteiger partial charge in [-0.3, -0.25) is 19.7 Å². The molecular weight excluding hydrogens is 371 g/mol. The van der Waals surface area contributed by atoms with Gasteiger partial charge in [0.05, 0.1) is 16.1 Å². The van der Waals surface area contributed by atoms with E-state index in [9.17, 15) is 32.9 Å². The topological polar surface area (TPSA) is 107 Å². The van der Waals surface area contributed by atoms with Crippen molar-refractivity contribution in [2.24, 2.45) is 0 Å². The molecule has 0 aromatic heterocycles. The number of rotatable bonds is 6. The van der Waals surface area contributed by atoms with Crippen molar-refractivity contribution in [3.05, 3.63) is 63.7 Å². The number of esters is 1. The van der Waals surface area contributed by atoms with Crippen LogP contribution < -0.4 is 0 Å². The molecular formula is C17H12F3NO6. The Kier molecular flexibility index (Phi) is 5.78. The van der Waals surface area contributed by atoms with E-state index in [1.165, 1.54) is 24.3 Å². The Morgan fingerprint density at radius 2 is 1.67 bits per heavy atom. The third kappa shape index (κ3) is 5.27. The van der Waals surface area contributed by atoms with Crippen molar-refractivity contribution in [2.75, 3.05) is 0 Å². The number of carboxylic acids is 1. The normalized spacial score (nSPS) is 11.1. The highest BCUT2D eigenvalue weighted by atomic mass is 19.4. The fourth-order valence-electron chi connectivity index (χ4n) is 2.24. The molecule has 2 aromatic rings. The van der Waals surface area contributed by atoms with Crippen molar-refractivity contribution in [3.8, 4) is 11.1 Å². The maximum atomic E-state index is 12.6. The summed E-state index contributed by atoms with van der Waals surface area (Å²) in [5.41, 5.74) is -0.476. The Labute approximate surface area is 150 Å². The average Bonchev–Trinajstić information content (AvgIpc) is 2.58. The second kappa shape index (κ2) is 7.85. The molecule has 0 aliphatic rings. The highest BCUT2D eigenvalue weighted by molar-refractivity contribution is 5.90. The lowest BCUT2D eigenvalue weighted by Crippen LogP contribution is -2.11. The summed E-state index contributed by atoms with van der Waals surface area (Å²) in [5.74, 6) is -2.48. The first-order valence-corrected chi connectivity index (χ1v) is 7.40. The largest absolute Gasteiger partial charge is 0.481 e. The van der Waals surface area contributed by atoms with Gasteiger partial charge in [0.25, 0.3) is 5.69 Å². The molecule has 0 bridgehead atoms. The molecule has 0 spiro atoms. The van der Waals surface area contributed by atoms with E-state index in [4.69, 9.17) is 9.84 Å². The van der Waals surface area contributed by atoms with Gasteiger partial charge < -0.3 is 9.84 Å². The first kappa shape index (κ1) is 19.9. The summed E-state index contributed by atoms with van der Waals surface area (Å²) in [5, 5.41) is 19.6. The molecule has 0 saturated carbocycles. The molecule has 0 fully saturated rings. The molecule has 7 nitrogen and oxygen atoms in total. The molecule has 0 aliphatic carbocycles. The number of carbonyl (C=O) groups excluding carboxylic acids is 1. The Balaban J connectivity index is 2.30. The number of ether oxygens (including phenoxy) is 1. The van der Waals surface area contributed by atoms with Crippen LogP contribution in [0.2, 0.25) is 0 Å². The van der Waals surface area contributed by atoms with E-state index in [-0.39, 0.29) is 11.3 Å². The van der Waals surface area contributed by atoms with Gasteiger partial charge in [0.15, 0.2) is 0 Å². The van der Waals surface area contributed by atoms with Crippen molar-refractivity contribution in [1.29, 1.82) is 0 Å². The molecule has 2 rings (SSSR count). The van der Waals surface area contributed by atoms with Crippen molar-refractivity contribution in [3.63, 3.8) is 0 Å². The Bertz CT molecular complexity index is 877. The van der Waals surface area contributed by atoms with Gasteiger partial charge in [0.1, 0.15) is 13.0 Å². The lowest BCUT2D eigenvalue weighted by atomic mass is 10.0. The molecule has 0 amide bonds. The number of nitro benzene ring substituents is 1. The first-order valence-electron chi connectivity index (χ1n) is 7.40. The Hall–Kier alpha value is -3.43. The number of benzene rings is 2. The van der Waals surface area contributed by atoms with Crippen LogP contribution >= 0.6 is 0 Å². The SMILES string of the molecule is O=C(O)CC(=O)OCc1cc(-c2ccc(C(F)(F)F)cc2)ccc1[N+](=O)[O-]. The standard InChI is InChI=1S/C17H12F3NO6/c18-17(19,20)13-4-1-10(2-5-13)11-3-6-14(21(25)26)12(7-11)9-27-16(24)8-15(22)23/h1-7H,8-9H2,(H,22,23). The maximum absolute atomic E-state index is 12.6. The van der Waals surface area contributed by atoms with Crippen LogP contribution in [0.5, 0.6) is 0 Å². The number of carbonyl (C=O) groups is 2. The first-order chi connectivity index (χ1) is 12.6. The second-order valence-corrected chi connectivity index (χ2v) is 5.41. The zero-order valence-corrected chi connectivity index (χ0v) is 13.5. The van der Waals surface area contributed by atoms with E-state index in [0.717, 1.165) is 18.2 Å². The van der Waals surface area contributed by atoms with Gasteiger partial charge in [-0.15, -0.1) is 0 Å². The highest BCUT2D eigenvalue weighted by Gasteiger charge is 2.30. The quantitative estimate of drug-likeness (QED) is 0.352. The number of halogens is 3. The second-order valence-electron chi connectivity index (χ2n) is 5.41. The van der Waals surface area contributed by atoms with Crippen LogP contribution in [-0.4, -0.2) is 22.0 Å². The summed E-state index contributed by atoms with van der Waals surface area (Å²) in [6.45, 7) is -0.545. The summed E-state index contributed by atoms with van der Waals surface area (Å²) in [4.78, 5) is 32.1. The molecule has 0 unspecified atom stereocenters. The van der Waals surface area contributed by atoms with E-state index in [2.05, 4.69) is 0 Å². The van der Waals surface area contributed by atoms with Gasteiger partial charge in [0, 0.05) is 6.07 Å². The fraction of sp³-hybridized carbons (Fsp3) is 0.176. The molecule has 1 N–H and O–H groups in total. The van der Waals surface area contributed by atoms with Crippen LogP contribution in [0.25, 0.3) is 11.1 Å². The maximum Gasteiger partial charge on any atom is 0.416 e. The van der Waals surface area contributed by atoms with Crippen molar-refractivity contribution >= 4 is 17.6 Å². The third-order valence-electron chi connectivity index (χ3n) is 3.51. The molecule has 0 saturated heterocycles. The average molecular weight is 383 g/mol. The molecule has 0 aliphatic heterocycles. The van der Waals surface area contributed by atoms with Gasteiger partial charge in [-0.1, -0.05) is 12.1 Å². The summed E-state index contributed by atoms with van der Waals surface area (Å²) in [7, 11) is 0. The predicted octanol–water partition coefficient (Wildman–Crippen LogP) is 3.80. The van der Waals surface area contributed by atoms with E-state index < -0.39 is 41.6 Å². The van der Waals surface area contributed by atoms with Gasteiger partial charge in [-0.05, 0) is 35.4 Å². The molecule has 0 heterocycles. The zero-order valence-electron chi connectivity index (χ0n) is 13.5.